The fraction of sp³-hybridized carbons (Fsp3) is 0.871. The van der Waals surface area contributed by atoms with Crippen LogP contribution in [-0.4, -0.2) is 119 Å². The molecule has 12 atom stereocenters. The molecule has 0 saturated carbocycles. The highest BCUT2D eigenvalue weighted by Gasteiger charge is 2.62. The van der Waals surface area contributed by atoms with Gasteiger partial charge in [-0.15, -0.1) is 0 Å². The van der Waals surface area contributed by atoms with Crippen LogP contribution in [0.2, 0.25) is 0 Å². The summed E-state index contributed by atoms with van der Waals surface area (Å²) < 4.78 is 40.2. The molecule has 2 aliphatic rings. The van der Waals surface area contributed by atoms with Gasteiger partial charge in [0.2, 0.25) is 12.1 Å². The quantitative estimate of drug-likeness (QED) is 0.125. The molecule has 2 fully saturated rings. The Balaban J connectivity index is 2.65. The molecule has 0 amide bonds. The fourth-order valence-corrected chi connectivity index (χ4v) is 5.32. The molecule has 2 saturated heterocycles. The molecule has 2 aliphatic heterocycles. The number of carbonyl (C=O) groups excluding carboxylic acids is 4. The third-order valence-corrected chi connectivity index (χ3v) is 8.29. The molecule has 4 N–H and O–H groups in total. The minimum atomic E-state index is -2.41. The second-order valence-electron chi connectivity index (χ2n) is 12.1. The summed E-state index contributed by atoms with van der Waals surface area (Å²) in [6.07, 6.45) is -10.1. The van der Waals surface area contributed by atoms with Crippen LogP contribution < -0.4 is 0 Å². The van der Waals surface area contributed by atoms with Crippen molar-refractivity contribution in [3.8, 4) is 0 Å². The maximum Gasteiger partial charge on any atom is 0.309 e. The van der Waals surface area contributed by atoms with Gasteiger partial charge < -0.3 is 53.6 Å². The van der Waals surface area contributed by atoms with Crippen molar-refractivity contribution in [3.63, 3.8) is 0 Å². The van der Waals surface area contributed by atoms with Crippen molar-refractivity contribution in [2.75, 3.05) is 19.8 Å². The average molecular weight is 665 g/mol. The monoisotopic (exact) mass is 664 g/mol. The molecule has 15 nitrogen and oxygen atoms in total. The lowest BCUT2D eigenvalue weighted by atomic mass is 9.96. The van der Waals surface area contributed by atoms with Crippen molar-refractivity contribution in [2.24, 2.45) is 17.8 Å². The normalized spacial score (nSPS) is 33.0. The highest BCUT2D eigenvalue weighted by molar-refractivity contribution is 5.74. The van der Waals surface area contributed by atoms with Gasteiger partial charge in [-0.3, -0.25) is 19.2 Å². The lowest BCUT2D eigenvalue weighted by Crippen LogP contribution is -2.65. The van der Waals surface area contributed by atoms with E-state index in [0.29, 0.717) is 32.1 Å². The predicted octanol–water partition coefficient (Wildman–Crippen LogP) is 0.746. The van der Waals surface area contributed by atoms with E-state index in [-0.39, 0.29) is 0 Å². The van der Waals surface area contributed by atoms with Gasteiger partial charge in [0.1, 0.15) is 24.9 Å². The van der Waals surface area contributed by atoms with E-state index in [1.54, 1.807) is 27.7 Å². The molecule has 0 aliphatic carbocycles. The van der Waals surface area contributed by atoms with Gasteiger partial charge in [0.05, 0.1) is 31.0 Å². The van der Waals surface area contributed by atoms with Crippen LogP contribution in [0.15, 0.2) is 0 Å². The van der Waals surface area contributed by atoms with E-state index in [9.17, 15) is 39.6 Å². The average Bonchev–Trinajstić information content (AvgIpc) is 3.28. The van der Waals surface area contributed by atoms with Gasteiger partial charge in [0.25, 0.3) is 0 Å². The fourth-order valence-electron chi connectivity index (χ4n) is 5.32. The predicted molar refractivity (Wildman–Crippen MR) is 157 cm³/mol. The van der Waals surface area contributed by atoms with Crippen LogP contribution in [0.3, 0.4) is 0 Å². The number of carbonyl (C=O) groups is 4. The molecule has 2 heterocycles. The first kappa shape index (κ1) is 39.8. The highest BCUT2D eigenvalue weighted by atomic mass is 16.8. The Kier molecular flexibility index (Phi) is 15.8. The van der Waals surface area contributed by atoms with Gasteiger partial charge in [-0.05, 0) is 19.3 Å². The molecule has 46 heavy (non-hydrogen) atoms. The summed E-state index contributed by atoms with van der Waals surface area (Å²) in [5, 5.41) is 41.9. The number of aliphatic hydroxyl groups excluding tert-OH is 4. The summed E-state index contributed by atoms with van der Waals surface area (Å²) in [5.41, 5.74) is 0. The Labute approximate surface area is 269 Å². The Morgan fingerprint density at radius 1 is 0.717 bits per heavy atom. The highest BCUT2D eigenvalue weighted by Crippen LogP contribution is 2.39. The third-order valence-electron chi connectivity index (χ3n) is 8.29. The molecule has 0 spiro atoms. The van der Waals surface area contributed by atoms with E-state index < -0.39 is 116 Å². The molecular formula is C31H52O15. The van der Waals surface area contributed by atoms with E-state index in [1.807, 2.05) is 13.8 Å². The summed E-state index contributed by atoms with van der Waals surface area (Å²) in [4.78, 5) is 51.4. The van der Waals surface area contributed by atoms with Crippen LogP contribution in [-0.2, 0) is 52.3 Å². The number of esters is 4. The van der Waals surface area contributed by atoms with Crippen molar-refractivity contribution in [2.45, 2.75) is 135 Å². The molecule has 266 valence electrons. The lowest BCUT2D eigenvalue weighted by Gasteiger charge is -2.46. The molecule has 0 aromatic carbocycles. The van der Waals surface area contributed by atoms with Gasteiger partial charge in [-0.2, -0.15) is 0 Å². The molecular weight excluding hydrogens is 612 g/mol. The standard InChI is InChI=1S/C31H52O15/c1-8-11-17(5)28(38)42-22-20(13-32)41-30(46-31(15-34)26(36)23(40-19(7)35)21(14-33)45-31)25(44-29(39)18(6)12-9-2)24(22)43-27(37)16(4)10-3/h16-18,20-26,30,32-34,36H,8-15H2,1-7H3/t16?,17?,18?,20-,21-,22-,23-,24+,25-,26+,30-,31+/m1/s1. The van der Waals surface area contributed by atoms with Crippen LogP contribution in [0.25, 0.3) is 0 Å². The minimum absolute atomic E-state index is 0.384. The summed E-state index contributed by atoms with van der Waals surface area (Å²) in [5.74, 6) is -7.19. The van der Waals surface area contributed by atoms with E-state index in [1.165, 1.54) is 0 Å². The van der Waals surface area contributed by atoms with E-state index in [2.05, 4.69) is 0 Å². The second kappa shape index (κ2) is 18.2. The Morgan fingerprint density at radius 3 is 1.67 bits per heavy atom. The van der Waals surface area contributed by atoms with Crippen molar-refractivity contribution in [1.82, 2.24) is 0 Å². The third kappa shape index (κ3) is 9.58. The largest absolute Gasteiger partial charge is 0.457 e. The summed E-state index contributed by atoms with van der Waals surface area (Å²) in [6.45, 7) is 8.88. The number of ether oxygens (including phenoxy) is 7. The molecule has 0 radical (unpaired) electrons. The minimum Gasteiger partial charge on any atom is -0.457 e. The number of hydrogen-bond acceptors (Lipinski definition) is 15. The summed E-state index contributed by atoms with van der Waals surface area (Å²) in [7, 11) is 0. The first-order valence-corrected chi connectivity index (χ1v) is 16.0. The summed E-state index contributed by atoms with van der Waals surface area (Å²) in [6, 6.07) is 0. The number of hydrogen-bond donors (Lipinski definition) is 4. The first-order chi connectivity index (χ1) is 21.7. The van der Waals surface area contributed by atoms with Gasteiger partial charge in [0, 0.05) is 6.92 Å². The van der Waals surface area contributed by atoms with Crippen molar-refractivity contribution >= 4 is 23.9 Å². The van der Waals surface area contributed by atoms with Gasteiger partial charge in [-0.25, -0.2) is 0 Å². The number of aliphatic hydroxyl groups is 4. The van der Waals surface area contributed by atoms with Crippen LogP contribution >= 0.6 is 0 Å². The number of rotatable bonds is 17. The molecule has 2 rings (SSSR count). The van der Waals surface area contributed by atoms with E-state index in [4.69, 9.17) is 33.2 Å². The topological polar surface area (TPSA) is 214 Å². The molecule has 0 aromatic heterocycles. The molecule has 0 aromatic rings. The van der Waals surface area contributed by atoms with E-state index >= 15 is 0 Å². The van der Waals surface area contributed by atoms with Crippen LogP contribution in [0, 0.1) is 17.8 Å². The summed E-state index contributed by atoms with van der Waals surface area (Å²) >= 11 is 0. The van der Waals surface area contributed by atoms with E-state index in [0.717, 1.165) is 6.92 Å². The first-order valence-electron chi connectivity index (χ1n) is 16.0. The van der Waals surface area contributed by atoms with Crippen molar-refractivity contribution in [3.05, 3.63) is 0 Å². The van der Waals surface area contributed by atoms with Crippen molar-refractivity contribution in [1.29, 1.82) is 0 Å². The Bertz CT molecular complexity index is 1010. The molecule has 15 heteroatoms. The van der Waals surface area contributed by atoms with Gasteiger partial charge >= 0.3 is 23.9 Å². The SMILES string of the molecule is CCCC(C)C(=O)O[C@H]1[C@@H](O[C@]2(CO)O[C@H](CO)[C@@H](OC(C)=O)[C@@H]2O)O[C@H](CO)[C@@H](OC(=O)C(C)CCC)[C@@H]1OC(=O)C(C)CC. The zero-order chi connectivity index (χ0) is 34.8. The molecule has 0 bridgehead atoms. The van der Waals surface area contributed by atoms with Crippen LogP contribution in [0.5, 0.6) is 0 Å². The second-order valence-corrected chi connectivity index (χ2v) is 12.1. The van der Waals surface area contributed by atoms with Gasteiger partial charge in [-0.1, -0.05) is 54.4 Å². The molecule has 3 unspecified atom stereocenters. The lowest BCUT2D eigenvalue weighted by molar-refractivity contribution is -0.384. The van der Waals surface area contributed by atoms with Gasteiger partial charge in [0.15, 0.2) is 24.4 Å². The van der Waals surface area contributed by atoms with Crippen LogP contribution in [0.1, 0.15) is 80.6 Å². The van der Waals surface area contributed by atoms with Crippen LogP contribution in [0.4, 0.5) is 0 Å². The smallest absolute Gasteiger partial charge is 0.309 e. The Hall–Kier alpha value is -2.40. The maximum atomic E-state index is 13.3. The van der Waals surface area contributed by atoms with Crippen molar-refractivity contribution < 1.29 is 72.8 Å². The maximum absolute atomic E-state index is 13.3. The zero-order valence-electron chi connectivity index (χ0n) is 27.8. The Morgan fingerprint density at radius 2 is 1.22 bits per heavy atom. The zero-order valence-corrected chi connectivity index (χ0v) is 27.8.